The Morgan fingerprint density at radius 3 is 2.50 bits per heavy atom. The molecule has 0 bridgehead atoms. The van der Waals surface area contributed by atoms with E-state index in [1.807, 2.05) is 30.3 Å². The van der Waals surface area contributed by atoms with Crippen molar-refractivity contribution in [1.29, 1.82) is 0 Å². The molecule has 5 N–H and O–H groups in total. The van der Waals surface area contributed by atoms with E-state index in [4.69, 9.17) is 4.74 Å². The van der Waals surface area contributed by atoms with Crippen molar-refractivity contribution in [3.05, 3.63) is 71.8 Å². The van der Waals surface area contributed by atoms with E-state index in [9.17, 15) is 29.4 Å². The molecule has 0 spiro atoms. The number of carbonyl (C=O) groups is 4. The largest absolute Gasteiger partial charge is 0.507 e. The molecule has 2 aromatic carbocycles. The van der Waals surface area contributed by atoms with Crippen LogP contribution in [0, 0.1) is 5.92 Å². The Morgan fingerprint density at radius 2 is 1.76 bits per heavy atom. The first kappa shape index (κ1) is 28.2. The van der Waals surface area contributed by atoms with Crippen LogP contribution in [0.15, 0.2) is 60.7 Å². The molecule has 3 rings (SSSR count). The number of aliphatic carboxylic acids is 1. The average molecular weight is 524 g/mol. The van der Waals surface area contributed by atoms with Crippen molar-refractivity contribution in [2.45, 2.75) is 50.8 Å². The molecule has 1 aliphatic rings. The van der Waals surface area contributed by atoms with Crippen molar-refractivity contribution in [2.24, 2.45) is 5.92 Å². The highest BCUT2D eigenvalue weighted by molar-refractivity contribution is 5.96. The summed E-state index contributed by atoms with van der Waals surface area (Å²) in [5.41, 5.74) is 1.29. The van der Waals surface area contributed by atoms with Gasteiger partial charge in [0.1, 0.15) is 18.4 Å². The molecule has 0 saturated heterocycles. The summed E-state index contributed by atoms with van der Waals surface area (Å²) in [5.74, 6) is -2.66. The molecule has 3 atom stereocenters. The molecule has 0 radical (unpaired) electrons. The number of para-hydroxylation sites is 1. The summed E-state index contributed by atoms with van der Waals surface area (Å²) in [6.07, 6.45) is 4.32. The second-order valence-corrected chi connectivity index (χ2v) is 9.07. The number of amides is 3. The summed E-state index contributed by atoms with van der Waals surface area (Å²) in [7, 11) is 0. The first-order valence-corrected chi connectivity index (χ1v) is 12.6. The average Bonchev–Trinajstić information content (AvgIpc) is 3.37. The van der Waals surface area contributed by atoms with E-state index >= 15 is 0 Å². The van der Waals surface area contributed by atoms with Crippen LogP contribution in [0.1, 0.15) is 43.2 Å². The number of rotatable bonds is 12. The standard InChI is InChI=1S/C28H33N3O7/c32-24-14-5-4-10-20(24)15-16-25(33)30-23(26(34)31-22-12-6-11-21(22)27(35)36)13-7-17-29-28(37)38-18-19-8-2-1-3-9-19/h1-5,8-10,14-16,21-23,32H,6-7,11-13,17-18H2,(H,29,37)(H,30,33)(H,31,34)(H,35,36)/b16-15+/t21-,22+,23+/m1/s1. The van der Waals surface area contributed by atoms with E-state index in [2.05, 4.69) is 16.0 Å². The highest BCUT2D eigenvalue weighted by Gasteiger charge is 2.35. The maximum absolute atomic E-state index is 13.0. The van der Waals surface area contributed by atoms with Crippen LogP contribution in [-0.2, 0) is 25.7 Å². The van der Waals surface area contributed by atoms with Gasteiger partial charge in [-0.15, -0.1) is 0 Å². The van der Waals surface area contributed by atoms with Gasteiger partial charge >= 0.3 is 12.1 Å². The van der Waals surface area contributed by atoms with E-state index in [1.54, 1.807) is 18.2 Å². The predicted molar refractivity (Wildman–Crippen MR) is 140 cm³/mol. The zero-order valence-electron chi connectivity index (χ0n) is 21.0. The molecule has 1 aliphatic carbocycles. The van der Waals surface area contributed by atoms with E-state index < -0.39 is 41.9 Å². The Labute approximate surface area is 221 Å². The van der Waals surface area contributed by atoms with Crippen molar-refractivity contribution in [3.8, 4) is 5.75 Å². The molecule has 1 fully saturated rings. The fourth-order valence-corrected chi connectivity index (χ4v) is 4.27. The van der Waals surface area contributed by atoms with Crippen molar-refractivity contribution in [2.75, 3.05) is 6.54 Å². The second-order valence-electron chi connectivity index (χ2n) is 9.07. The Balaban J connectivity index is 1.54. The van der Waals surface area contributed by atoms with Gasteiger partial charge in [-0.2, -0.15) is 0 Å². The zero-order valence-corrected chi connectivity index (χ0v) is 21.0. The van der Waals surface area contributed by atoms with Crippen LogP contribution >= 0.6 is 0 Å². The Bertz CT molecular complexity index is 1140. The molecule has 2 aromatic rings. The summed E-state index contributed by atoms with van der Waals surface area (Å²) < 4.78 is 5.17. The van der Waals surface area contributed by atoms with Gasteiger partial charge in [0.15, 0.2) is 0 Å². The summed E-state index contributed by atoms with van der Waals surface area (Å²) in [6.45, 7) is 0.339. The molecule has 0 heterocycles. The maximum Gasteiger partial charge on any atom is 0.407 e. The van der Waals surface area contributed by atoms with Gasteiger partial charge in [-0.25, -0.2) is 4.79 Å². The predicted octanol–water partition coefficient (Wildman–Crippen LogP) is 2.97. The van der Waals surface area contributed by atoms with Crippen LogP contribution in [0.25, 0.3) is 6.08 Å². The first-order valence-electron chi connectivity index (χ1n) is 12.6. The molecule has 1 saturated carbocycles. The molecule has 202 valence electrons. The molecule has 38 heavy (non-hydrogen) atoms. The van der Waals surface area contributed by atoms with Gasteiger partial charge in [-0.05, 0) is 43.4 Å². The van der Waals surface area contributed by atoms with Gasteiger partial charge in [-0.1, -0.05) is 55.0 Å². The number of aromatic hydroxyl groups is 1. The number of phenols is 1. The molecular formula is C28H33N3O7. The van der Waals surface area contributed by atoms with Gasteiger partial charge in [-0.3, -0.25) is 14.4 Å². The lowest BCUT2D eigenvalue weighted by molar-refractivity contribution is -0.142. The number of carboxylic acids is 1. The number of hydrogen-bond donors (Lipinski definition) is 5. The van der Waals surface area contributed by atoms with Crippen LogP contribution in [0.5, 0.6) is 5.75 Å². The molecule has 0 unspecified atom stereocenters. The van der Waals surface area contributed by atoms with Crippen LogP contribution in [-0.4, -0.2) is 52.7 Å². The Hall–Kier alpha value is -4.34. The summed E-state index contributed by atoms with van der Waals surface area (Å²) in [4.78, 5) is 49.1. The minimum atomic E-state index is -0.961. The highest BCUT2D eigenvalue weighted by Crippen LogP contribution is 2.26. The fourth-order valence-electron chi connectivity index (χ4n) is 4.27. The third-order valence-corrected chi connectivity index (χ3v) is 6.30. The lowest BCUT2D eigenvalue weighted by atomic mass is 10.0. The minimum Gasteiger partial charge on any atom is -0.507 e. The number of phenolic OH excluding ortho intramolecular Hbond substituents is 1. The topological polar surface area (TPSA) is 154 Å². The smallest absolute Gasteiger partial charge is 0.407 e. The summed E-state index contributed by atoms with van der Waals surface area (Å²) >= 11 is 0. The van der Waals surface area contributed by atoms with Gasteiger partial charge in [0, 0.05) is 24.2 Å². The van der Waals surface area contributed by atoms with E-state index in [-0.39, 0.29) is 25.3 Å². The lowest BCUT2D eigenvalue weighted by Gasteiger charge is -2.23. The van der Waals surface area contributed by atoms with Crippen LogP contribution in [0.3, 0.4) is 0 Å². The lowest BCUT2D eigenvalue weighted by Crippen LogP contribution is -2.51. The normalized spacial score (nSPS) is 17.5. The van der Waals surface area contributed by atoms with Crippen LogP contribution in [0.4, 0.5) is 4.79 Å². The number of ether oxygens (including phenoxy) is 1. The minimum absolute atomic E-state index is 0.0111. The third-order valence-electron chi connectivity index (χ3n) is 6.30. The van der Waals surface area contributed by atoms with E-state index in [0.717, 1.165) is 5.56 Å². The van der Waals surface area contributed by atoms with Crippen molar-refractivity contribution < 1.29 is 34.1 Å². The van der Waals surface area contributed by atoms with Crippen molar-refractivity contribution in [3.63, 3.8) is 0 Å². The van der Waals surface area contributed by atoms with E-state index in [0.29, 0.717) is 31.2 Å². The number of hydrogen-bond acceptors (Lipinski definition) is 6. The zero-order chi connectivity index (χ0) is 27.3. The Kier molecular flexibility index (Phi) is 10.7. The number of carbonyl (C=O) groups excluding carboxylic acids is 3. The molecule has 3 amide bonds. The maximum atomic E-state index is 13.0. The number of benzene rings is 2. The molecule has 0 aliphatic heterocycles. The number of alkyl carbamates (subject to hydrolysis) is 1. The summed E-state index contributed by atoms with van der Waals surface area (Å²) in [6, 6.07) is 14.3. The Morgan fingerprint density at radius 1 is 1.03 bits per heavy atom. The van der Waals surface area contributed by atoms with Gasteiger partial charge in [0.2, 0.25) is 11.8 Å². The van der Waals surface area contributed by atoms with E-state index in [1.165, 1.54) is 18.2 Å². The van der Waals surface area contributed by atoms with Crippen molar-refractivity contribution in [1.82, 2.24) is 16.0 Å². The molecule has 10 nitrogen and oxygen atoms in total. The van der Waals surface area contributed by atoms with Gasteiger partial charge < -0.3 is 30.9 Å². The molecule has 10 heteroatoms. The monoisotopic (exact) mass is 523 g/mol. The quantitative estimate of drug-likeness (QED) is 0.212. The van der Waals surface area contributed by atoms with Crippen molar-refractivity contribution >= 4 is 30.0 Å². The molecule has 0 aromatic heterocycles. The fraction of sp³-hybridized carbons (Fsp3) is 0.357. The molecular weight excluding hydrogens is 490 g/mol. The SMILES string of the molecule is O=C(/C=C/c1ccccc1O)N[C@@H](CCCNC(=O)OCc1ccccc1)C(=O)N[C@H]1CCC[C@H]1C(=O)O. The highest BCUT2D eigenvalue weighted by atomic mass is 16.5. The van der Waals surface area contributed by atoms with Crippen LogP contribution in [0.2, 0.25) is 0 Å². The number of nitrogens with one attached hydrogen (secondary N) is 3. The second kappa shape index (κ2) is 14.4. The van der Waals surface area contributed by atoms with Gasteiger partial charge in [0.25, 0.3) is 0 Å². The number of carboxylic acid groups (broad SMARTS) is 1. The van der Waals surface area contributed by atoms with Gasteiger partial charge in [0.05, 0.1) is 5.92 Å². The summed E-state index contributed by atoms with van der Waals surface area (Å²) in [5, 5.41) is 27.3. The first-order chi connectivity index (χ1) is 18.3. The van der Waals surface area contributed by atoms with Crippen LogP contribution < -0.4 is 16.0 Å². The third kappa shape index (κ3) is 8.95.